The molecule has 4 heteroatoms. The fourth-order valence-corrected chi connectivity index (χ4v) is 3.72. The maximum atomic E-state index is 6.16. The molecule has 2 N–H and O–H groups in total. The number of hydrogen-bond donors (Lipinski definition) is 1. The molecule has 2 unspecified atom stereocenters. The molecule has 1 aromatic carbocycles. The van der Waals surface area contributed by atoms with Crippen LogP contribution in [-0.4, -0.2) is 49.1 Å². The van der Waals surface area contributed by atoms with Gasteiger partial charge in [0.25, 0.3) is 0 Å². The summed E-state index contributed by atoms with van der Waals surface area (Å²) in [5.41, 5.74) is 8.72. The molecule has 0 amide bonds. The lowest BCUT2D eigenvalue weighted by Crippen LogP contribution is -2.44. The van der Waals surface area contributed by atoms with Gasteiger partial charge >= 0.3 is 0 Å². The van der Waals surface area contributed by atoms with Gasteiger partial charge in [0.1, 0.15) is 0 Å². The first kappa shape index (κ1) is 16.8. The minimum atomic E-state index is 0.290. The lowest BCUT2D eigenvalue weighted by atomic mass is 9.97. The summed E-state index contributed by atoms with van der Waals surface area (Å²) in [6, 6.07) is 7.04. The van der Waals surface area contributed by atoms with E-state index in [2.05, 4.69) is 36.8 Å². The molecule has 3 nitrogen and oxygen atoms in total. The molecule has 1 fully saturated rings. The van der Waals surface area contributed by atoms with E-state index in [4.69, 9.17) is 17.3 Å². The fourth-order valence-electron chi connectivity index (χ4n) is 3.49. The molecule has 1 saturated heterocycles. The summed E-state index contributed by atoms with van der Waals surface area (Å²) in [6.07, 6.45) is 2.36. The van der Waals surface area contributed by atoms with Gasteiger partial charge in [0.2, 0.25) is 0 Å². The third-order valence-corrected chi connectivity index (χ3v) is 4.87. The Morgan fingerprint density at radius 2 is 2.14 bits per heavy atom. The zero-order valence-electron chi connectivity index (χ0n) is 13.5. The Hall–Kier alpha value is -0.610. The lowest BCUT2D eigenvalue weighted by Gasteiger charge is -2.37. The summed E-state index contributed by atoms with van der Waals surface area (Å²) >= 11 is 6.10. The Kier molecular flexibility index (Phi) is 6.06. The van der Waals surface area contributed by atoms with Crippen molar-refractivity contribution in [2.24, 2.45) is 5.73 Å². The first-order chi connectivity index (χ1) is 10.1. The highest BCUT2D eigenvalue weighted by Crippen LogP contribution is 2.29. The molecule has 0 aliphatic carbocycles. The third-order valence-electron chi connectivity index (χ3n) is 4.63. The average Bonchev–Trinajstić information content (AvgIpc) is 2.63. The fraction of sp³-hybridized carbons (Fsp3) is 0.647. The highest BCUT2D eigenvalue weighted by molar-refractivity contribution is 6.30. The lowest BCUT2D eigenvalue weighted by molar-refractivity contribution is 0.131. The van der Waals surface area contributed by atoms with Crippen LogP contribution in [0.2, 0.25) is 5.02 Å². The number of nitrogens with zero attached hydrogens (tertiary/aromatic N) is 2. The van der Waals surface area contributed by atoms with Crippen LogP contribution in [0.25, 0.3) is 0 Å². The number of nitrogens with two attached hydrogens (primary N) is 1. The topological polar surface area (TPSA) is 32.5 Å². The van der Waals surface area contributed by atoms with Gasteiger partial charge in [0, 0.05) is 36.7 Å². The van der Waals surface area contributed by atoms with Gasteiger partial charge in [-0.15, -0.1) is 0 Å². The van der Waals surface area contributed by atoms with Crippen molar-refractivity contribution >= 4 is 11.6 Å². The van der Waals surface area contributed by atoms with Crippen molar-refractivity contribution < 1.29 is 0 Å². The van der Waals surface area contributed by atoms with Crippen LogP contribution in [0.1, 0.15) is 36.9 Å². The number of halogens is 1. The number of rotatable bonds is 4. The van der Waals surface area contributed by atoms with Crippen molar-refractivity contribution in [3.8, 4) is 0 Å². The SMILES string of the molecule is CCC1CN(C)CCCN1C(CN)c1ccc(Cl)cc1C. The zero-order valence-corrected chi connectivity index (χ0v) is 14.2. The van der Waals surface area contributed by atoms with Gasteiger partial charge < -0.3 is 10.6 Å². The summed E-state index contributed by atoms with van der Waals surface area (Å²) in [5.74, 6) is 0. The van der Waals surface area contributed by atoms with Crippen molar-refractivity contribution in [2.45, 2.75) is 38.8 Å². The normalized spacial score (nSPS) is 23.0. The van der Waals surface area contributed by atoms with Crippen LogP contribution in [0.15, 0.2) is 18.2 Å². The molecule has 0 bridgehead atoms. The number of benzene rings is 1. The molecular weight excluding hydrogens is 282 g/mol. The van der Waals surface area contributed by atoms with E-state index in [9.17, 15) is 0 Å². The zero-order chi connectivity index (χ0) is 15.4. The van der Waals surface area contributed by atoms with Crippen molar-refractivity contribution in [1.29, 1.82) is 0 Å². The molecule has 118 valence electrons. The summed E-state index contributed by atoms with van der Waals surface area (Å²) in [4.78, 5) is 5.05. The predicted molar refractivity (Wildman–Crippen MR) is 90.9 cm³/mol. The van der Waals surface area contributed by atoms with E-state index < -0.39 is 0 Å². The molecule has 1 heterocycles. The Balaban J connectivity index is 2.29. The summed E-state index contributed by atoms with van der Waals surface area (Å²) in [6.45, 7) is 8.48. The molecule has 0 aromatic heterocycles. The molecule has 1 aromatic rings. The molecule has 21 heavy (non-hydrogen) atoms. The van der Waals surface area contributed by atoms with Crippen LogP contribution in [0, 0.1) is 6.92 Å². The second-order valence-electron chi connectivity index (χ2n) is 6.17. The van der Waals surface area contributed by atoms with Crippen molar-refractivity contribution in [2.75, 3.05) is 33.2 Å². The third kappa shape index (κ3) is 3.98. The molecule has 2 rings (SSSR count). The van der Waals surface area contributed by atoms with Crippen LogP contribution in [0.5, 0.6) is 0 Å². The number of hydrogen-bond acceptors (Lipinski definition) is 3. The van der Waals surface area contributed by atoms with E-state index in [1.54, 1.807) is 0 Å². The van der Waals surface area contributed by atoms with E-state index in [1.165, 1.54) is 24.1 Å². The number of likely N-dealkylation sites (N-methyl/N-ethyl adjacent to an activating group) is 1. The summed E-state index contributed by atoms with van der Waals surface area (Å²) < 4.78 is 0. The monoisotopic (exact) mass is 309 g/mol. The van der Waals surface area contributed by atoms with Crippen molar-refractivity contribution in [3.05, 3.63) is 34.3 Å². The smallest absolute Gasteiger partial charge is 0.0476 e. The minimum absolute atomic E-state index is 0.290. The van der Waals surface area contributed by atoms with Crippen LogP contribution in [-0.2, 0) is 0 Å². The Morgan fingerprint density at radius 1 is 1.38 bits per heavy atom. The van der Waals surface area contributed by atoms with Crippen molar-refractivity contribution in [3.63, 3.8) is 0 Å². The minimum Gasteiger partial charge on any atom is -0.329 e. The van der Waals surface area contributed by atoms with E-state index in [1.807, 2.05) is 12.1 Å². The molecule has 0 spiro atoms. The maximum Gasteiger partial charge on any atom is 0.0476 e. The standard InChI is InChI=1S/C17H28ClN3/c1-4-15-12-20(3)8-5-9-21(15)17(11-19)16-7-6-14(18)10-13(16)2/h6-7,10,15,17H,4-5,8-9,11-12,19H2,1-3H3. The molecular formula is C17H28ClN3. The summed E-state index contributed by atoms with van der Waals surface area (Å²) in [5, 5.41) is 0.801. The largest absolute Gasteiger partial charge is 0.329 e. The second kappa shape index (κ2) is 7.59. The predicted octanol–water partition coefficient (Wildman–Crippen LogP) is 3.06. The molecule has 2 atom stereocenters. The van der Waals surface area contributed by atoms with E-state index in [0.717, 1.165) is 24.5 Å². The van der Waals surface area contributed by atoms with Crippen LogP contribution in [0.3, 0.4) is 0 Å². The van der Waals surface area contributed by atoms with Gasteiger partial charge in [-0.25, -0.2) is 0 Å². The highest BCUT2D eigenvalue weighted by Gasteiger charge is 2.29. The first-order valence-electron chi connectivity index (χ1n) is 7.97. The Labute approximate surface area is 134 Å². The van der Waals surface area contributed by atoms with E-state index in [0.29, 0.717) is 18.6 Å². The van der Waals surface area contributed by atoms with Crippen LogP contribution >= 0.6 is 11.6 Å². The first-order valence-corrected chi connectivity index (χ1v) is 8.35. The Bertz CT molecular complexity index is 463. The average molecular weight is 310 g/mol. The van der Waals surface area contributed by atoms with Crippen LogP contribution in [0.4, 0.5) is 0 Å². The van der Waals surface area contributed by atoms with E-state index in [-0.39, 0.29) is 0 Å². The Morgan fingerprint density at radius 3 is 2.76 bits per heavy atom. The highest BCUT2D eigenvalue weighted by atomic mass is 35.5. The maximum absolute atomic E-state index is 6.16. The number of aryl methyl sites for hydroxylation is 1. The van der Waals surface area contributed by atoms with Crippen molar-refractivity contribution in [1.82, 2.24) is 9.80 Å². The quantitative estimate of drug-likeness (QED) is 0.928. The van der Waals surface area contributed by atoms with Crippen LogP contribution < -0.4 is 5.73 Å². The molecule has 1 aliphatic rings. The molecule has 0 saturated carbocycles. The molecule has 1 aliphatic heterocycles. The van der Waals surface area contributed by atoms with Gasteiger partial charge in [-0.1, -0.05) is 24.6 Å². The van der Waals surface area contributed by atoms with E-state index >= 15 is 0 Å². The van der Waals surface area contributed by atoms with Gasteiger partial charge in [-0.3, -0.25) is 4.90 Å². The second-order valence-corrected chi connectivity index (χ2v) is 6.60. The van der Waals surface area contributed by atoms with Gasteiger partial charge in [-0.05, 0) is 56.6 Å². The van der Waals surface area contributed by atoms with Gasteiger partial charge in [-0.2, -0.15) is 0 Å². The summed E-state index contributed by atoms with van der Waals surface area (Å²) in [7, 11) is 2.22. The van der Waals surface area contributed by atoms with Gasteiger partial charge in [0.05, 0.1) is 0 Å². The van der Waals surface area contributed by atoms with Gasteiger partial charge in [0.15, 0.2) is 0 Å². The molecule has 0 radical (unpaired) electrons.